The number of nitrogens with zero attached hydrogens (tertiary/aromatic N) is 1. The molecule has 0 aromatic carbocycles. The van der Waals surface area contributed by atoms with E-state index in [1.165, 1.54) is 7.11 Å². The fraction of sp³-hybridized carbons (Fsp3) is 0.667. The number of esters is 1. The third kappa shape index (κ3) is 3.78. The Labute approximate surface area is 106 Å². The summed E-state index contributed by atoms with van der Waals surface area (Å²) in [7, 11) is 1.41. The maximum Gasteiger partial charge on any atom is 0.323 e. The highest BCUT2D eigenvalue weighted by Gasteiger charge is 2.25. The molecule has 1 aromatic rings. The molecule has 1 aromatic heterocycles. The predicted molar refractivity (Wildman–Crippen MR) is 69.0 cm³/mol. The Morgan fingerprint density at radius 2 is 2.12 bits per heavy atom. The van der Waals surface area contributed by atoms with Gasteiger partial charge in [-0.3, -0.25) is 10.1 Å². The van der Waals surface area contributed by atoms with E-state index in [2.05, 4.69) is 10.3 Å². The van der Waals surface area contributed by atoms with Crippen molar-refractivity contribution in [2.24, 2.45) is 5.92 Å². The maximum atomic E-state index is 11.6. The molecule has 0 saturated carbocycles. The van der Waals surface area contributed by atoms with E-state index in [0.29, 0.717) is 0 Å². The number of methoxy groups -OCH3 is 1. The molecule has 2 unspecified atom stereocenters. The van der Waals surface area contributed by atoms with Crippen LogP contribution < -0.4 is 5.32 Å². The van der Waals surface area contributed by atoms with E-state index in [1.807, 2.05) is 33.1 Å². The fourth-order valence-corrected chi connectivity index (χ4v) is 2.30. The fourth-order valence-electron chi connectivity index (χ4n) is 1.59. The van der Waals surface area contributed by atoms with Crippen LogP contribution in [0.3, 0.4) is 0 Å². The van der Waals surface area contributed by atoms with Crippen molar-refractivity contribution in [1.82, 2.24) is 10.3 Å². The van der Waals surface area contributed by atoms with Crippen LogP contribution in [0.4, 0.5) is 0 Å². The topological polar surface area (TPSA) is 51.2 Å². The Hall–Kier alpha value is -0.940. The quantitative estimate of drug-likeness (QED) is 0.821. The average molecular weight is 256 g/mol. The van der Waals surface area contributed by atoms with E-state index in [4.69, 9.17) is 4.74 Å². The summed E-state index contributed by atoms with van der Waals surface area (Å²) in [5.41, 5.74) is 0.974. The maximum absolute atomic E-state index is 11.6. The van der Waals surface area contributed by atoms with Crippen molar-refractivity contribution in [3.63, 3.8) is 0 Å². The lowest BCUT2D eigenvalue weighted by molar-refractivity contribution is -0.144. The summed E-state index contributed by atoms with van der Waals surface area (Å²) in [6.07, 6.45) is 0. The van der Waals surface area contributed by atoms with Crippen LogP contribution in [0.25, 0.3) is 0 Å². The van der Waals surface area contributed by atoms with Crippen molar-refractivity contribution in [3.8, 4) is 0 Å². The molecular weight excluding hydrogens is 236 g/mol. The van der Waals surface area contributed by atoms with Gasteiger partial charge in [0.15, 0.2) is 0 Å². The molecule has 1 heterocycles. The predicted octanol–water partition coefficient (Wildman–Crippen LogP) is 2.30. The van der Waals surface area contributed by atoms with Gasteiger partial charge in [-0.15, -0.1) is 11.3 Å². The second kappa shape index (κ2) is 6.12. The van der Waals surface area contributed by atoms with Crippen molar-refractivity contribution in [3.05, 3.63) is 16.1 Å². The zero-order valence-electron chi connectivity index (χ0n) is 11.0. The second-order valence-electron chi connectivity index (χ2n) is 4.42. The van der Waals surface area contributed by atoms with Gasteiger partial charge in [0.2, 0.25) is 0 Å². The summed E-state index contributed by atoms with van der Waals surface area (Å²) in [5, 5.41) is 6.32. The number of rotatable bonds is 5. The van der Waals surface area contributed by atoms with Crippen molar-refractivity contribution < 1.29 is 9.53 Å². The van der Waals surface area contributed by atoms with Gasteiger partial charge >= 0.3 is 5.97 Å². The van der Waals surface area contributed by atoms with Gasteiger partial charge in [-0.25, -0.2) is 4.98 Å². The summed E-state index contributed by atoms with van der Waals surface area (Å²) >= 11 is 1.62. The van der Waals surface area contributed by atoms with Crippen molar-refractivity contribution in [2.45, 2.75) is 39.8 Å². The Morgan fingerprint density at radius 3 is 2.53 bits per heavy atom. The van der Waals surface area contributed by atoms with E-state index in [9.17, 15) is 4.79 Å². The van der Waals surface area contributed by atoms with Gasteiger partial charge < -0.3 is 4.74 Å². The summed E-state index contributed by atoms with van der Waals surface area (Å²) in [5.74, 6) is -0.0385. The smallest absolute Gasteiger partial charge is 0.323 e. The van der Waals surface area contributed by atoms with Crippen LogP contribution >= 0.6 is 11.3 Å². The molecule has 4 nitrogen and oxygen atoms in total. The van der Waals surface area contributed by atoms with Gasteiger partial charge in [0, 0.05) is 11.4 Å². The van der Waals surface area contributed by atoms with Gasteiger partial charge in [0.05, 0.1) is 17.8 Å². The lowest BCUT2D eigenvalue weighted by atomic mass is 10.0. The summed E-state index contributed by atoms with van der Waals surface area (Å²) in [6.45, 7) is 7.97. The van der Waals surface area contributed by atoms with Crippen molar-refractivity contribution >= 4 is 17.3 Å². The van der Waals surface area contributed by atoms with Gasteiger partial charge in [-0.2, -0.15) is 0 Å². The molecule has 1 N–H and O–H groups in total. The zero-order chi connectivity index (χ0) is 13.0. The molecule has 0 saturated heterocycles. The molecule has 17 heavy (non-hydrogen) atoms. The number of carbonyl (C=O) groups is 1. The number of thiazole rings is 1. The largest absolute Gasteiger partial charge is 0.468 e. The van der Waals surface area contributed by atoms with Crippen molar-refractivity contribution in [2.75, 3.05) is 7.11 Å². The molecule has 0 bridgehead atoms. The standard InChI is InChI=1S/C12H20N2O2S/c1-7(2)11(12(15)16-5)13-8(3)10-6-17-9(4)14-10/h6-8,11,13H,1-5H3. The number of hydrogen-bond donors (Lipinski definition) is 1. The highest BCUT2D eigenvalue weighted by molar-refractivity contribution is 7.09. The summed E-state index contributed by atoms with van der Waals surface area (Å²) in [6, 6.07) is -0.247. The molecule has 0 amide bonds. The molecule has 5 heteroatoms. The lowest BCUT2D eigenvalue weighted by Gasteiger charge is -2.23. The first-order valence-electron chi connectivity index (χ1n) is 5.71. The second-order valence-corrected chi connectivity index (χ2v) is 5.49. The highest BCUT2D eigenvalue weighted by Crippen LogP contribution is 2.18. The van der Waals surface area contributed by atoms with E-state index in [1.54, 1.807) is 11.3 Å². The first-order valence-corrected chi connectivity index (χ1v) is 6.59. The Balaban J connectivity index is 2.70. The summed E-state index contributed by atoms with van der Waals surface area (Å²) in [4.78, 5) is 16.0. The third-order valence-corrected chi connectivity index (χ3v) is 3.42. The molecule has 0 spiro atoms. The van der Waals surface area contributed by atoms with Crippen LogP contribution in [-0.4, -0.2) is 24.1 Å². The van der Waals surface area contributed by atoms with Gasteiger partial charge in [-0.05, 0) is 19.8 Å². The van der Waals surface area contributed by atoms with Crippen molar-refractivity contribution in [1.29, 1.82) is 0 Å². The van der Waals surface area contributed by atoms with E-state index >= 15 is 0 Å². The molecule has 2 atom stereocenters. The third-order valence-electron chi connectivity index (χ3n) is 2.63. The highest BCUT2D eigenvalue weighted by atomic mass is 32.1. The van der Waals surface area contributed by atoms with Crippen LogP contribution in [0.1, 0.15) is 37.5 Å². The lowest BCUT2D eigenvalue weighted by Crippen LogP contribution is -2.43. The van der Waals surface area contributed by atoms with Gasteiger partial charge in [-0.1, -0.05) is 13.8 Å². The first kappa shape index (κ1) is 14.1. The molecule has 0 fully saturated rings. The van der Waals surface area contributed by atoms with Gasteiger partial charge in [0.1, 0.15) is 6.04 Å². The number of aromatic nitrogens is 1. The van der Waals surface area contributed by atoms with Crippen LogP contribution in [0.15, 0.2) is 5.38 Å². The minimum Gasteiger partial charge on any atom is -0.468 e. The number of aryl methyl sites for hydroxylation is 1. The number of hydrogen-bond acceptors (Lipinski definition) is 5. The normalized spacial score (nSPS) is 14.7. The minimum atomic E-state index is -0.294. The van der Waals surface area contributed by atoms with E-state index in [-0.39, 0.29) is 24.0 Å². The first-order chi connectivity index (χ1) is 7.95. The Kier molecular flexibility index (Phi) is 5.08. The monoisotopic (exact) mass is 256 g/mol. The molecule has 0 aliphatic rings. The molecule has 96 valence electrons. The van der Waals surface area contributed by atoms with Crippen LogP contribution in [-0.2, 0) is 9.53 Å². The summed E-state index contributed by atoms with van der Waals surface area (Å²) < 4.78 is 4.80. The number of carbonyl (C=O) groups excluding carboxylic acids is 1. The van der Waals surface area contributed by atoms with Gasteiger partial charge in [0.25, 0.3) is 0 Å². The van der Waals surface area contributed by atoms with E-state index < -0.39 is 0 Å². The SMILES string of the molecule is COC(=O)C(NC(C)c1csc(C)n1)C(C)C. The molecular formula is C12H20N2O2S. The number of nitrogens with one attached hydrogen (secondary N) is 1. The van der Waals surface area contributed by atoms with Crippen LogP contribution in [0.5, 0.6) is 0 Å². The Morgan fingerprint density at radius 1 is 1.47 bits per heavy atom. The van der Waals surface area contributed by atoms with E-state index in [0.717, 1.165) is 10.7 Å². The molecule has 0 aliphatic heterocycles. The zero-order valence-corrected chi connectivity index (χ0v) is 11.8. The number of ether oxygens (including phenoxy) is 1. The average Bonchev–Trinajstić information content (AvgIpc) is 2.71. The molecule has 0 radical (unpaired) electrons. The van der Waals surface area contributed by atoms with Crippen LogP contribution in [0, 0.1) is 12.8 Å². The minimum absolute atomic E-state index is 0.0476. The molecule has 1 rings (SSSR count). The Bertz CT molecular complexity index is 376. The molecule has 0 aliphatic carbocycles. The van der Waals surface area contributed by atoms with Crippen LogP contribution in [0.2, 0.25) is 0 Å².